The van der Waals surface area contributed by atoms with Crippen molar-refractivity contribution >= 4 is 34.0 Å². The number of hydrogen-bond acceptors (Lipinski definition) is 6. The summed E-state index contributed by atoms with van der Waals surface area (Å²) in [6.07, 6.45) is 7.10. The van der Waals surface area contributed by atoms with Crippen LogP contribution in [0.1, 0.15) is 5.01 Å². The second kappa shape index (κ2) is 5.62. The lowest BCUT2D eigenvalue weighted by Gasteiger charge is -2.34. The smallest absolute Gasteiger partial charge is 0.162 e. The number of fused-ring (bicyclic) bond motifs is 1. The number of halogens is 1. The van der Waals surface area contributed by atoms with E-state index in [1.807, 2.05) is 19.3 Å². The van der Waals surface area contributed by atoms with Crippen molar-refractivity contribution < 1.29 is 9.84 Å². The van der Waals surface area contributed by atoms with Gasteiger partial charge < -0.3 is 14.8 Å². The SMILES string of the molecule is Cn1cc(-c2cc3c(-c4cnc(C5(O)COC5)s4)c(Cl)cnc3[nH]2)cn1. The molecule has 0 aliphatic carbocycles. The molecule has 2 N–H and O–H groups in total. The highest BCUT2D eigenvalue weighted by atomic mass is 35.5. The van der Waals surface area contributed by atoms with Gasteiger partial charge in [-0.2, -0.15) is 5.10 Å². The van der Waals surface area contributed by atoms with Crippen LogP contribution in [0.15, 0.2) is 30.9 Å². The molecule has 0 saturated carbocycles. The Balaban J connectivity index is 1.65. The zero-order chi connectivity index (χ0) is 17.9. The highest BCUT2D eigenvalue weighted by molar-refractivity contribution is 7.15. The van der Waals surface area contributed by atoms with Crippen LogP contribution in [0.25, 0.3) is 32.7 Å². The van der Waals surface area contributed by atoms with E-state index in [0.29, 0.717) is 10.0 Å². The van der Waals surface area contributed by atoms with Crippen LogP contribution in [0.4, 0.5) is 0 Å². The number of H-pyrrole nitrogens is 1. The molecule has 9 heteroatoms. The lowest BCUT2D eigenvalue weighted by Crippen LogP contribution is -2.46. The largest absolute Gasteiger partial charge is 0.378 e. The molecule has 0 atom stereocenters. The summed E-state index contributed by atoms with van der Waals surface area (Å²) < 4.78 is 6.87. The number of ether oxygens (including phenoxy) is 1. The molecule has 132 valence electrons. The van der Waals surface area contributed by atoms with Gasteiger partial charge in [-0.25, -0.2) is 9.97 Å². The summed E-state index contributed by atoms with van der Waals surface area (Å²) in [6.45, 7) is 0.545. The van der Waals surface area contributed by atoms with Crippen LogP contribution in [0.2, 0.25) is 5.02 Å². The molecule has 4 aromatic rings. The molecule has 1 fully saturated rings. The summed E-state index contributed by atoms with van der Waals surface area (Å²) in [5.74, 6) is 0. The van der Waals surface area contributed by atoms with Gasteiger partial charge in [-0.05, 0) is 6.07 Å². The minimum absolute atomic E-state index is 0.273. The van der Waals surface area contributed by atoms with E-state index >= 15 is 0 Å². The van der Waals surface area contributed by atoms with E-state index in [1.54, 1.807) is 23.3 Å². The number of pyridine rings is 1. The summed E-state index contributed by atoms with van der Waals surface area (Å²) >= 11 is 7.89. The molecule has 5 rings (SSSR count). The first-order valence-corrected chi connectivity index (χ1v) is 9.16. The number of aryl methyl sites for hydroxylation is 1. The van der Waals surface area contributed by atoms with Crippen molar-refractivity contribution in [2.45, 2.75) is 5.60 Å². The lowest BCUT2D eigenvalue weighted by molar-refractivity contribution is -0.184. The fraction of sp³-hybridized carbons (Fsp3) is 0.235. The van der Waals surface area contributed by atoms with E-state index in [1.165, 1.54) is 11.3 Å². The Morgan fingerprint density at radius 3 is 2.85 bits per heavy atom. The van der Waals surface area contributed by atoms with Gasteiger partial charge in [0.25, 0.3) is 0 Å². The van der Waals surface area contributed by atoms with Crippen molar-refractivity contribution in [3.63, 3.8) is 0 Å². The summed E-state index contributed by atoms with van der Waals surface area (Å²) in [5, 5.41) is 16.7. The predicted molar refractivity (Wildman–Crippen MR) is 99.1 cm³/mol. The van der Waals surface area contributed by atoms with Gasteiger partial charge in [0.2, 0.25) is 0 Å². The van der Waals surface area contributed by atoms with E-state index in [4.69, 9.17) is 16.3 Å². The van der Waals surface area contributed by atoms with Crippen LogP contribution in [0.5, 0.6) is 0 Å². The van der Waals surface area contributed by atoms with E-state index < -0.39 is 5.60 Å². The van der Waals surface area contributed by atoms with Crippen molar-refractivity contribution in [3.8, 4) is 21.7 Å². The van der Waals surface area contributed by atoms with Crippen molar-refractivity contribution in [2.24, 2.45) is 7.05 Å². The van der Waals surface area contributed by atoms with Crippen LogP contribution < -0.4 is 0 Å². The minimum atomic E-state index is -0.986. The Bertz CT molecular complexity index is 1130. The normalized spacial score (nSPS) is 16.1. The molecule has 0 bridgehead atoms. The Kier molecular flexibility index (Phi) is 3.45. The first kappa shape index (κ1) is 16.0. The average molecular weight is 388 g/mol. The van der Waals surface area contributed by atoms with E-state index in [0.717, 1.165) is 32.7 Å². The number of hydrogen-bond donors (Lipinski definition) is 2. The maximum Gasteiger partial charge on any atom is 0.162 e. The zero-order valence-electron chi connectivity index (χ0n) is 13.7. The molecule has 0 amide bonds. The number of aromatic amines is 1. The maximum atomic E-state index is 10.4. The first-order valence-electron chi connectivity index (χ1n) is 7.96. The number of rotatable bonds is 3. The lowest BCUT2D eigenvalue weighted by atomic mass is 10.0. The standard InChI is InChI=1S/C17H14ClN5O2S/c1-23-6-9(3-21-23)12-2-10-14(11(18)4-19-15(10)22-12)13-5-20-16(26-13)17(24)7-25-8-17/h2-6,24H,7-8H2,1H3,(H,19,22). The molecule has 1 aliphatic rings. The molecule has 5 heterocycles. The zero-order valence-corrected chi connectivity index (χ0v) is 15.3. The summed E-state index contributed by atoms with van der Waals surface area (Å²) in [4.78, 5) is 13.0. The molecule has 1 saturated heterocycles. The van der Waals surface area contributed by atoms with Crippen LogP contribution in [0.3, 0.4) is 0 Å². The number of nitrogens with one attached hydrogen (secondary N) is 1. The van der Waals surface area contributed by atoms with Crippen LogP contribution in [-0.2, 0) is 17.4 Å². The highest BCUT2D eigenvalue weighted by Crippen LogP contribution is 2.41. The molecule has 26 heavy (non-hydrogen) atoms. The van der Waals surface area contributed by atoms with Gasteiger partial charge >= 0.3 is 0 Å². The van der Waals surface area contributed by atoms with Crippen LogP contribution >= 0.6 is 22.9 Å². The molecule has 0 radical (unpaired) electrons. The number of thiazole rings is 1. The van der Waals surface area contributed by atoms with Gasteiger partial charge in [0.05, 0.1) is 35.0 Å². The van der Waals surface area contributed by atoms with Gasteiger partial charge in [0.15, 0.2) is 5.60 Å². The fourth-order valence-electron chi connectivity index (χ4n) is 3.04. The Morgan fingerprint density at radius 2 is 2.15 bits per heavy atom. The summed E-state index contributed by atoms with van der Waals surface area (Å²) in [5.41, 5.74) is 2.50. The molecular formula is C17H14ClN5O2S. The van der Waals surface area contributed by atoms with Gasteiger partial charge in [0, 0.05) is 42.2 Å². The summed E-state index contributed by atoms with van der Waals surface area (Å²) in [7, 11) is 1.88. The van der Waals surface area contributed by atoms with Crippen molar-refractivity contribution in [1.82, 2.24) is 24.7 Å². The average Bonchev–Trinajstić information content (AvgIpc) is 3.31. The van der Waals surface area contributed by atoms with E-state index in [2.05, 4.69) is 20.1 Å². The Labute approximate surface area is 157 Å². The van der Waals surface area contributed by atoms with Gasteiger partial charge in [0.1, 0.15) is 10.7 Å². The molecule has 0 spiro atoms. The van der Waals surface area contributed by atoms with Crippen LogP contribution in [0, 0.1) is 0 Å². The molecule has 7 nitrogen and oxygen atoms in total. The van der Waals surface area contributed by atoms with Gasteiger partial charge in [-0.15, -0.1) is 11.3 Å². The van der Waals surface area contributed by atoms with Crippen molar-refractivity contribution in [1.29, 1.82) is 0 Å². The first-order chi connectivity index (χ1) is 12.5. The maximum absolute atomic E-state index is 10.4. The molecule has 0 aromatic carbocycles. The molecule has 0 unspecified atom stereocenters. The quantitative estimate of drug-likeness (QED) is 0.564. The monoisotopic (exact) mass is 387 g/mol. The third-order valence-corrected chi connectivity index (χ3v) is 5.95. The minimum Gasteiger partial charge on any atom is -0.378 e. The van der Waals surface area contributed by atoms with Crippen molar-refractivity contribution in [3.05, 3.63) is 40.9 Å². The van der Waals surface area contributed by atoms with Gasteiger partial charge in [-0.1, -0.05) is 11.6 Å². The Morgan fingerprint density at radius 1 is 1.31 bits per heavy atom. The molecule has 4 aromatic heterocycles. The highest BCUT2D eigenvalue weighted by Gasteiger charge is 2.41. The van der Waals surface area contributed by atoms with Gasteiger partial charge in [-0.3, -0.25) is 4.68 Å². The number of aromatic nitrogens is 5. The fourth-order valence-corrected chi connectivity index (χ4v) is 4.40. The predicted octanol–water partition coefficient (Wildman–Crippen LogP) is 2.96. The Hall–Kier alpha value is -2.26. The second-order valence-electron chi connectivity index (χ2n) is 6.38. The topological polar surface area (TPSA) is 88.9 Å². The molecule has 1 aliphatic heterocycles. The summed E-state index contributed by atoms with van der Waals surface area (Å²) in [6, 6.07) is 2.02. The third kappa shape index (κ3) is 2.38. The van der Waals surface area contributed by atoms with E-state index in [9.17, 15) is 5.11 Å². The van der Waals surface area contributed by atoms with E-state index in [-0.39, 0.29) is 13.2 Å². The number of nitrogens with zero attached hydrogens (tertiary/aromatic N) is 4. The number of aliphatic hydroxyl groups is 1. The van der Waals surface area contributed by atoms with Crippen molar-refractivity contribution in [2.75, 3.05) is 13.2 Å². The second-order valence-corrected chi connectivity index (χ2v) is 7.82. The molecular weight excluding hydrogens is 374 g/mol. The third-order valence-electron chi connectivity index (χ3n) is 4.46. The van der Waals surface area contributed by atoms with Crippen LogP contribution in [-0.4, -0.2) is 43.1 Å².